The van der Waals surface area contributed by atoms with Gasteiger partial charge in [-0.3, -0.25) is 0 Å². The largest absolute Gasteiger partial charge is 0.376 e. The summed E-state index contributed by atoms with van der Waals surface area (Å²) < 4.78 is 18.3. The molecule has 15 heavy (non-hydrogen) atoms. The Kier molecular flexibility index (Phi) is 3.11. The fourth-order valence-electron chi connectivity index (χ4n) is 1.74. The van der Waals surface area contributed by atoms with Crippen molar-refractivity contribution in [2.75, 3.05) is 11.9 Å². The van der Waals surface area contributed by atoms with Crippen LogP contribution in [0, 0.1) is 5.95 Å². The number of hydrogen-bond donors (Lipinski definition) is 1. The Morgan fingerprint density at radius 3 is 3.13 bits per heavy atom. The molecule has 0 spiro atoms. The first-order valence-electron chi connectivity index (χ1n) is 5.11. The summed E-state index contributed by atoms with van der Waals surface area (Å²) in [6, 6.07) is 1.42. The molecule has 1 aliphatic heterocycles. The van der Waals surface area contributed by atoms with Gasteiger partial charge in [-0.1, -0.05) is 0 Å². The summed E-state index contributed by atoms with van der Waals surface area (Å²) in [7, 11) is 0. The van der Waals surface area contributed by atoms with Crippen LogP contribution in [-0.4, -0.2) is 28.7 Å². The Labute approximate surface area is 87.9 Å². The second-order valence-electron chi connectivity index (χ2n) is 3.71. The summed E-state index contributed by atoms with van der Waals surface area (Å²) >= 11 is 0. The molecule has 82 valence electrons. The first-order valence-corrected chi connectivity index (χ1v) is 5.11. The Morgan fingerprint density at radius 2 is 2.47 bits per heavy atom. The highest BCUT2D eigenvalue weighted by molar-refractivity contribution is 5.33. The normalized spacial score (nSPS) is 22.7. The lowest BCUT2D eigenvalue weighted by Gasteiger charge is -2.20. The van der Waals surface area contributed by atoms with Crippen LogP contribution in [0.4, 0.5) is 10.2 Å². The molecule has 0 radical (unpaired) electrons. The smallest absolute Gasteiger partial charge is 0.217 e. The van der Waals surface area contributed by atoms with Crippen LogP contribution in [0.3, 0.4) is 0 Å². The van der Waals surface area contributed by atoms with Crippen LogP contribution < -0.4 is 5.32 Å². The second kappa shape index (κ2) is 4.53. The van der Waals surface area contributed by atoms with Crippen molar-refractivity contribution in [2.45, 2.75) is 31.9 Å². The lowest BCUT2D eigenvalue weighted by atomic mass is 10.1. The fraction of sp³-hybridized carbons (Fsp3) is 0.600. The molecule has 1 aromatic heterocycles. The van der Waals surface area contributed by atoms with Crippen LogP contribution in [-0.2, 0) is 4.74 Å². The molecule has 1 aromatic rings. The van der Waals surface area contributed by atoms with Crippen LogP contribution in [0.5, 0.6) is 0 Å². The molecule has 2 atom stereocenters. The van der Waals surface area contributed by atoms with E-state index >= 15 is 0 Å². The first kappa shape index (κ1) is 10.3. The topological polar surface area (TPSA) is 47.0 Å². The maximum Gasteiger partial charge on any atom is 0.217 e. The SMILES string of the molecule is CC(Nc1cc(F)ncn1)C1CCCO1. The summed E-state index contributed by atoms with van der Waals surface area (Å²) in [6.07, 6.45) is 3.54. The van der Waals surface area contributed by atoms with Crippen molar-refractivity contribution >= 4 is 5.82 Å². The minimum Gasteiger partial charge on any atom is -0.376 e. The zero-order chi connectivity index (χ0) is 10.7. The van der Waals surface area contributed by atoms with Crippen molar-refractivity contribution in [1.29, 1.82) is 0 Å². The van der Waals surface area contributed by atoms with E-state index in [4.69, 9.17) is 4.74 Å². The molecule has 2 heterocycles. The minimum atomic E-state index is -0.521. The van der Waals surface area contributed by atoms with Crippen LogP contribution in [0.25, 0.3) is 0 Å². The Bertz CT molecular complexity index is 328. The average molecular weight is 211 g/mol. The van der Waals surface area contributed by atoms with Gasteiger partial charge in [-0.25, -0.2) is 9.97 Å². The zero-order valence-electron chi connectivity index (χ0n) is 8.61. The van der Waals surface area contributed by atoms with E-state index in [0.717, 1.165) is 19.4 Å². The van der Waals surface area contributed by atoms with E-state index < -0.39 is 5.95 Å². The van der Waals surface area contributed by atoms with E-state index in [-0.39, 0.29) is 12.1 Å². The molecule has 0 aliphatic carbocycles. The van der Waals surface area contributed by atoms with Crippen molar-refractivity contribution in [3.63, 3.8) is 0 Å². The second-order valence-corrected chi connectivity index (χ2v) is 3.71. The average Bonchev–Trinajstić information content (AvgIpc) is 2.70. The van der Waals surface area contributed by atoms with Crippen molar-refractivity contribution < 1.29 is 9.13 Å². The van der Waals surface area contributed by atoms with Crippen LogP contribution in [0.15, 0.2) is 12.4 Å². The standard InChI is InChI=1S/C10H14FN3O/c1-7(8-3-2-4-15-8)14-10-5-9(11)12-6-13-10/h5-8H,2-4H2,1H3,(H,12,13,14). The Morgan fingerprint density at radius 1 is 1.60 bits per heavy atom. The molecule has 0 saturated carbocycles. The number of anilines is 1. The molecule has 0 aromatic carbocycles. The summed E-state index contributed by atoms with van der Waals surface area (Å²) in [5.74, 6) is -0.0162. The van der Waals surface area contributed by atoms with Gasteiger partial charge in [0.15, 0.2) is 0 Å². The summed E-state index contributed by atoms with van der Waals surface area (Å²) in [5.41, 5.74) is 0. The highest BCUT2D eigenvalue weighted by atomic mass is 19.1. The molecule has 4 nitrogen and oxygen atoms in total. The molecule has 1 N–H and O–H groups in total. The monoisotopic (exact) mass is 211 g/mol. The van der Waals surface area contributed by atoms with Crippen LogP contribution in [0.1, 0.15) is 19.8 Å². The van der Waals surface area contributed by atoms with Gasteiger partial charge in [0.1, 0.15) is 12.1 Å². The van der Waals surface area contributed by atoms with Gasteiger partial charge in [0.05, 0.1) is 12.1 Å². The predicted octanol–water partition coefficient (Wildman–Crippen LogP) is 1.60. The van der Waals surface area contributed by atoms with Gasteiger partial charge in [-0.05, 0) is 19.8 Å². The van der Waals surface area contributed by atoms with Crippen molar-refractivity contribution in [1.82, 2.24) is 9.97 Å². The van der Waals surface area contributed by atoms with E-state index in [2.05, 4.69) is 15.3 Å². The number of rotatable bonds is 3. The Hall–Kier alpha value is -1.23. The first-order chi connectivity index (χ1) is 7.25. The molecule has 0 bridgehead atoms. The molecule has 1 saturated heterocycles. The zero-order valence-corrected chi connectivity index (χ0v) is 8.61. The third-order valence-corrected chi connectivity index (χ3v) is 2.53. The van der Waals surface area contributed by atoms with Gasteiger partial charge in [-0.15, -0.1) is 0 Å². The molecular weight excluding hydrogens is 197 g/mol. The highest BCUT2D eigenvalue weighted by Gasteiger charge is 2.22. The number of halogens is 1. The number of ether oxygens (including phenoxy) is 1. The number of hydrogen-bond acceptors (Lipinski definition) is 4. The molecule has 0 amide bonds. The molecule has 1 fully saturated rings. The van der Waals surface area contributed by atoms with Gasteiger partial charge in [-0.2, -0.15) is 4.39 Å². The van der Waals surface area contributed by atoms with E-state index in [1.165, 1.54) is 12.4 Å². The fourth-order valence-corrected chi connectivity index (χ4v) is 1.74. The maximum absolute atomic E-state index is 12.8. The number of aromatic nitrogens is 2. The van der Waals surface area contributed by atoms with Gasteiger partial charge in [0, 0.05) is 12.7 Å². The quantitative estimate of drug-likeness (QED) is 0.771. The van der Waals surface area contributed by atoms with Crippen molar-refractivity contribution in [3.05, 3.63) is 18.3 Å². The highest BCUT2D eigenvalue weighted by Crippen LogP contribution is 2.18. The van der Waals surface area contributed by atoms with E-state index in [9.17, 15) is 4.39 Å². The number of nitrogens with one attached hydrogen (secondary N) is 1. The van der Waals surface area contributed by atoms with Crippen molar-refractivity contribution in [3.8, 4) is 0 Å². The third-order valence-electron chi connectivity index (χ3n) is 2.53. The van der Waals surface area contributed by atoms with E-state index in [1.54, 1.807) is 0 Å². The predicted molar refractivity (Wildman–Crippen MR) is 54.0 cm³/mol. The van der Waals surface area contributed by atoms with Gasteiger partial charge >= 0.3 is 0 Å². The summed E-state index contributed by atoms with van der Waals surface area (Å²) in [4.78, 5) is 7.33. The molecule has 1 aliphatic rings. The summed E-state index contributed by atoms with van der Waals surface area (Å²) in [5, 5.41) is 3.11. The number of nitrogens with zero attached hydrogens (tertiary/aromatic N) is 2. The lowest BCUT2D eigenvalue weighted by molar-refractivity contribution is 0.0995. The van der Waals surface area contributed by atoms with E-state index in [0.29, 0.717) is 5.82 Å². The van der Waals surface area contributed by atoms with Gasteiger partial charge in [0.2, 0.25) is 5.95 Å². The van der Waals surface area contributed by atoms with Crippen LogP contribution >= 0.6 is 0 Å². The minimum absolute atomic E-state index is 0.141. The van der Waals surface area contributed by atoms with Gasteiger partial charge < -0.3 is 10.1 Å². The lowest BCUT2D eigenvalue weighted by Crippen LogP contribution is -2.30. The molecule has 2 unspecified atom stereocenters. The molecule has 5 heteroatoms. The Balaban J connectivity index is 1.95. The summed E-state index contributed by atoms with van der Waals surface area (Å²) in [6.45, 7) is 2.82. The third kappa shape index (κ3) is 2.62. The van der Waals surface area contributed by atoms with E-state index in [1.807, 2.05) is 6.92 Å². The van der Waals surface area contributed by atoms with Crippen LogP contribution in [0.2, 0.25) is 0 Å². The molecule has 2 rings (SSSR count). The maximum atomic E-state index is 12.8. The molecular formula is C10H14FN3O. The van der Waals surface area contributed by atoms with Crippen molar-refractivity contribution in [2.24, 2.45) is 0 Å². The van der Waals surface area contributed by atoms with Gasteiger partial charge in [0.25, 0.3) is 0 Å².